The van der Waals surface area contributed by atoms with Gasteiger partial charge in [0.15, 0.2) is 11.6 Å². The summed E-state index contributed by atoms with van der Waals surface area (Å²) in [5, 5.41) is 3.21. The van der Waals surface area contributed by atoms with Crippen LogP contribution in [-0.4, -0.2) is 36.7 Å². The molecule has 0 aliphatic carbocycles. The minimum absolute atomic E-state index is 0. The van der Waals surface area contributed by atoms with E-state index in [9.17, 15) is 13.6 Å². The van der Waals surface area contributed by atoms with Gasteiger partial charge in [-0.1, -0.05) is 36.8 Å². The minimum atomic E-state index is -0.850. The molecule has 3 rings (SSSR count). The van der Waals surface area contributed by atoms with Crippen LogP contribution < -0.4 is 10.1 Å². The van der Waals surface area contributed by atoms with Gasteiger partial charge in [0.2, 0.25) is 0 Å². The third-order valence-electron chi connectivity index (χ3n) is 5.06. The van der Waals surface area contributed by atoms with Crippen LogP contribution in [-0.2, 0) is 18.0 Å². The lowest BCUT2D eigenvalue weighted by molar-refractivity contribution is 0.0697. The molecule has 0 unspecified atom stereocenters. The van der Waals surface area contributed by atoms with Gasteiger partial charge in [-0.15, -0.1) is 12.4 Å². The Morgan fingerprint density at radius 2 is 1.90 bits per heavy atom. The first-order valence-corrected chi connectivity index (χ1v) is 9.79. The third kappa shape index (κ3) is 5.83. The summed E-state index contributed by atoms with van der Waals surface area (Å²) in [5.74, 6) is -1.70. The Morgan fingerprint density at radius 3 is 2.60 bits per heavy atom. The van der Waals surface area contributed by atoms with E-state index in [4.69, 9.17) is 9.47 Å². The Balaban J connectivity index is 0.00000320. The summed E-state index contributed by atoms with van der Waals surface area (Å²) in [5.41, 5.74) is 1.67. The van der Waals surface area contributed by atoms with Crippen LogP contribution >= 0.6 is 12.4 Å². The Labute approximate surface area is 181 Å². The van der Waals surface area contributed by atoms with Crippen LogP contribution in [0.2, 0.25) is 0 Å². The fourth-order valence-electron chi connectivity index (χ4n) is 3.25. The largest absolute Gasteiger partial charge is 0.486 e. The van der Waals surface area contributed by atoms with Crippen LogP contribution in [0, 0.1) is 18.6 Å². The van der Waals surface area contributed by atoms with E-state index in [1.165, 1.54) is 6.07 Å². The van der Waals surface area contributed by atoms with Crippen molar-refractivity contribution in [2.24, 2.45) is 0 Å². The van der Waals surface area contributed by atoms with E-state index in [1.54, 1.807) is 4.90 Å². The number of hydrogen-bond donors (Lipinski definition) is 1. The zero-order valence-electron chi connectivity index (χ0n) is 17.1. The first kappa shape index (κ1) is 23.9. The van der Waals surface area contributed by atoms with Gasteiger partial charge >= 0.3 is 6.09 Å². The van der Waals surface area contributed by atoms with Crippen LogP contribution in [0.25, 0.3) is 0 Å². The van der Waals surface area contributed by atoms with Gasteiger partial charge in [-0.25, -0.2) is 13.6 Å². The molecule has 1 aliphatic heterocycles. The van der Waals surface area contributed by atoms with Crippen molar-refractivity contribution in [3.8, 4) is 5.75 Å². The van der Waals surface area contributed by atoms with E-state index in [0.29, 0.717) is 19.6 Å². The van der Waals surface area contributed by atoms with Gasteiger partial charge in [0.1, 0.15) is 19.0 Å². The summed E-state index contributed by atoms with van der Waals surface area (Å²) in [6, 6.07) is 10.0. The van der Waals surface area contributed by atoms with Crippen molar-refractivity contribution in [1.82, 2.24) is 10.2 Å². The second kappa shape index (κ2) is 11.1. The molecule has 2 aromatic carbocycles. The topological polar surface area (TPSA) is 50.8 Å². The molecule has 1 heterocycles. The number of carbonyl (C=O) groups excluding carboxylic acids is 1. The van der Waals surface area contributed by atoms with Crippen LogP contribution in [0.4, 0.5) is 13.6 Å². The number of rotatable bonds is 6. The number of hydrogen-bond acceptors (Lipinski definition) is 4. The van der Waals surface area contributed by atoms with Gasteiger partial charge < -0.3 is 19.7 Å². The highest BCUT2D eigenvalue weighted by atomic mass is 35.5. The van der Waals surface area contributed by atoms with Crippen molar-refractivity contribution in [3.63, 3.8) is 0 Å². The smallest absolute Gasteiger partial charge is 0.410 e. The third-order valence-corrected chi connectivity index (χ3v) is 5.06. The van der Waals surface area contributed by atoms with Gasteiger partial charge in [0.25, 0.3) is 0 Å². The molecule has 0 aromatic heterocycles. The highest BCUT2D eigenvalue weighted by Gasteiger charge is 2.27. The SMILES string of the molecule is CC[C@@H]1CNCCN1C(=O)OCc1c(F)ccc(OCc2ccc(C)cc2)c1F.Cl. The molecule has 164 valence electrons. The van der Waals surface area contributed by atoms with E-state index in [2.05, 4.69) is 5.32 Å². The van der Waals surface area contributed by atoms with Crippen LogP contribution in [0.5, 0.6) is 5.75 Å². The molecule has 1 atom stereocenters. The first-order chi connectivity index (χ1) is 14.0. The summed E-state index contributed by atoms with van der Waals surface area (Å²) in [6.07, 6.45) is 0.204. The predicted molar refractivity (Wildman–Crippen MR) is 113 cm³/mol. The van der Waals surface area contributed by atoms with Crippen molar-refractivity contribution in [2.75, 3.05) is 19.6 Å². The van der Waals surface area contributed by atoms with E-state index >= 15 is 0 Å². The second-order valence-corrected chi connectivity index (χ2v) is 7.13. The van der Waals surface area contributed by atoms with Crippen molar-refractivity contribution >= 4 is 18.5 Å². The maximum Gasteiger partial charge on any atom is 0.410 e. The fraction of sp³-hybridized carbons (Fsp3) is 0.409. The van der Waals surface area contributed by atoms with Gasteiger partial charge in [0, 0.05) is 25.7 Å². The molecule has 1 aliphatic rings. The maximum atomic E-state index is 14.8. The van der Waals surface area contributed by atoms with Crippen LogP contribution in [0.3, 0.4) is 0 Å². The molecule has 30 heavy (non-hydrogen) atoms. The summed E-state index contributed by atoms with van der Waals surface area (Å²) in [4.78, 5) is 14.0. The molecule has 1 amide bonds. The number of ether oxygens (including phenoxy) is 2. The van der Waals surface area contributed by atoms with Crippen LogP contribution in [0.15, 0.2) is 36.4 Å². The average Bonchev–Trinajstić information content (AvgIpc) is 2.74. The predicted octanol–water partition coefficient (Wildman–Crippen LogP) is 4.59. The molecular formula is C22H27ClF2N2O3. The summed E-state index contributed by atoms with van der Waals surface area (Å²) >= 11 is 0. The minimum Gasteiger partial charge on any atom is -0.486 e. The van der Waals surface area contributed by atoms with Gasteiger partial charge in [-0.05, 0) is 31.0 Å². The molecule has 0 radical (unpaired) electrons. The van der Waals surface area contributed by atoms with E-state index in [0.717, 1.165) is 23.6 Å². The lowest BCUT2D eigenvalue weighted by atomic mass is 10.1. The van der Waals surface area contributed by atoms with Gasteiger partial charge in [-0.3, -0.25) is 0 Å². The van der Waals surface area contributed by atoms with Gasteiger partial charge in [0.05, 0.1) is 5.56 Å². The number of amides is 1. The first-order valence-electron chi connectivity index (χ1n) is 9.79. The molecule has 1 N–H and O–H groups in total. The molecule has 1 fully saturated rings. The summed E-state index contributed by atoms with van der Waals surface area (Å²) in [6.45, 7) is 5.46. The summed E-state index contributed by atoms with van der Waals surface area (Å²) < 4.78 is 39.7. The highest BCUT2D eigenvalue weighted by Crippen LogP contribution is 2.25. The van der Waals surface area contributed by atoms with Crippen molar-refractivity contribution in [2.45, 2.75) is 39.5 Å². The Bertz CT molecular complexity index is 849. The molecule has 0 bridgehead atoms. The quantitative estimate of drug-likeness (QED) is 0.713. The lowest BCUT2D eigenvalue weighted by Gasteiger charge is -2.34. The number of benzene rings is 2. The molecule has 1 saturated heterocycles. The van der Waals surface area contributed by atoms with Crippen molar-refractivity contribution < 1.29 is 23.0 Å². The van der Waals surface area contributed by atoms with E-state index in [1.807, 2.05) is 38.1 Å². The molecule has 2 aromatic rings. The number of nitrogens with one attached hydrogen (secondary N) is 1. The number of carbonyl (C=O) groups is 1. The number of nitrogens with zero attached hydrogens (tertiary/aromatic N) is 1. The molecule has 8 heteroatoms. The molecule has 0 saturated carbocycles. The second-order valence-electron chi connectivity index (χ2n) is 7.13. The lowest BCUT2D eigenvalue weighted by Crippen LogP contribution is -2.53. The monoisotopic (exact) mass is 440 g/mol. The Hall–Kier alpha value is -2.38. The van der Waals surface area contributed by atoms with E-state index in [-0.39, 0.29) is 36.4 Å². The zero-order chi connectivity index (χ0) is 20.8. The molecular weight excluding hydrogens is 414 g/mol. The Kier molecular flexibility index (Phi) is 8.87. The number of aryl methyl sites for hydroxylation is 1. The number of piperazine rings is 1. The number of halogens is 3. The average molecular weight is 441 g/mol. The summed E-state index contributed by atoms with van der Waals surface area (Å²) in [7, 11) is 0. The fourth-order valence-corrected chi connectivity index (χ4v) is 3.25. The van der Waals surface area contributed by atoms with E-state index < -0.39 is 24.3 Å². The van der Waals surface area contributed by atoms with Crippen molar-refractivity contribution in [1.29, 1.82) is 0 Å². The normalized spacial score (nSPS) is 16.0. The maximum absolute atomic E-state index is 14.8. The zero-order valence-corrected chi connectivity index (χ0v) is 17.9. The van der Waals surface area contributed by atoms with Crippen molar-refractivity contribution in [3.05, 3.63) is 64.7 Å². The standard InChI is InChI=1S/C22H26F2N2O3.ClH/c1-3-17-12-25-10-11-26(17)22(27)29-14-18-19(23)8-9-20(21(18)24)28-13-16-6-4-15(2)5-7-16;/h4-9,17,25H,3,10-14H2,1-2H3;1H/t17-;/m1./s1. The molecule has 0 spiro atoms. The molecule has 5 nitrogen and oxygen atoms in total. The van der Waals surface area contributed by atoms with Crippen LogP contribution in [0.1, 0.15) is 30.0 Å². The van der Waals surface area contributed by atoms with Gasteiger partial charge in [-0.2, -0.15) is 0 Å². The Morgan fingerprint density at radius 1 is 1.17 bits per heavy atom. The highest BCUT2D eigenvalue weighted by molar-refractivity contribution is 5.85.